The smallest absolute Gasteiger partial charge is 0.262 e. The second-order valence-corrected chi connectivity index (χ2v) is 7.84. The number of aromatic nitrogens is 4. The second-order valence-electron chi connectivity index (χ2n) is 7.84. The highest BCUT2D eigenvalue weighted by Gasteiger charge is 2.25. The van der Waals surface area contributed by atoms with Gasteiger partial charge in [0.1, 0.15) is 11.2 Å². The summed E-state index contributed by atoms with van der Waals surface area (Å²) in [5.74, 6) is 0.867. The molecule has 0 spiro atoms. The molecule has 1 aromatic carbocycles. The maximum atomic E-state index is 12.5. The summed E-state index contributed by atoms with van der Waals surface area (Å²) in [6.07, 6.45) is 5.31. The van der Waals surface area contributed by atoms with Crippen molar-refractivity contribution in [2.45, 2.75) is 39.2 Å². The van der Waals surface area contributed by atoms with Crippen LogP contribution < -0.4 is 10.9 Å². The molecule has 2 aromatic heterocycles. The third-order valence-electron chi connectivity index (χ3n) is 5.65. The summed E-state index contributed by atoms with van der Waals surface area (Å²) in [5, 5.41) is 7.86. The van der Waals surface area contributed by atoms with Crippen LogP contribution in [0.25, 0.3) is 16.7 Å². The predicted octanol–water partition coefficient (Wildman–Crippen LogP) is 2.24. The second kappa shape index (κ2) is 9.21. The van der Waals surface area contributed by atoms with Crippen LogP contribution >= 0.6 is 0 Å². The monoisotopic (exact) mass is 408 g/mol. The third-order valence-corrected chi connectivity index (χ3v) is 5.65. The van der Waals surface area contributed by atoms with Crippen LogP contribution in [0.4, 0.5) is 0 Å². The van der Waals surface area contributed by atoms with Crippen molar-refractivity contribution in [3.05, 3.63) is 52.7 Å². The van der Waals surface area contributed by atoms with Crippen LogP contribution in [0.5, 0.6) is 0 Å². The number of nitrogens with one attached hydrogen (secondary N) is 2. The Morgan fingerprint density at radius 3 is 2.73 bits per heavy atom. The minimum atomic E-state index is -0.178. The molecule has 30 heavy (non-hydrogen) atoms. The molecule has 3 heterocycles. The largest absolute Gasteiger partial charge is 0.356 e. The van der Waals surface area contributed by atoms with E-state index in [0.29, 0.717) is 23.4 Å². The highest BCUT2D eigenvalue weighted by Crippen LogP contribution is 2.19. The lowest BCUT2D eigenvalue weighted by molar-refractivity contribution is -0.126. The number of fused-ring (bicyclic) bond motifs is 1. The minimum Gasteiger partial charge on any atom is -0.356 e. The van der Waals surface area contributed by atoms with Crippen LogP contribution in [0.15, 0.2) is 41.3 Å². The van der Waals surface area contributed by atoms with E-state index in [1.807, 2.05) is 30.3 Å². The van der Waals surface area contributed by atoms with E-state index >= 15 is 0 Å². The number of aromatic amines is 1. The summed E-state index contributed by atoms with van der Waals surface area (Å²) in [4.78, 5) is 34.6. The summed E-state index contributed by atoms with van der Waals surface area (Å²) in [6.45, 7) is 5.05. The third kappa shape index (κ3) is 4.43. The summed E-state index contributed by atoms with van der Waals surface area (Å²) in [7, 11) is 0. The number of H-pyrrole nitrogens is 1. The van der Waals surface area contributed by atoms with Crippen molar-refractivity contribution in [2.75, 3.05) is 19.6 Å². The average Bonchev–Trinajstić information content (AvgIpc) is 3.19. The summed E-state index contributed by atoms with van der Waals surface area (Å²) in [6, 6.07) is 9.67. The first-order chi connectivity index (χ1) is 14.7. The molecule has 1 aliphatic heterocycles. The molecule has 0 unspecified atom stereocenters. The average molecular weight is 409 g/mol. The quantitative estimate of drug-likeness (QED) is 0.585. The van der Waals surface area contributed by atoms with Crippen molar-refractivity contribution in [1.29, 1.82) is 0 Å². The highest BCUT2D eigenvalue weighted by atomic mass is 16.2. The molecule has 8 heteroatoms. The van der Waals surface area contributed by atoms with E-state index in [1.165, 1.54) is 0 Å². The van der Waals surface area contributed by atoms with Gasteiger partial charge in [-0.2, -0.15) is 5.10 Å². The Hall–Kier alpha value is -3.00. The van der Waals surface area contributed by atoms with Gasteiger partial charge in [0.25, 0.3) is 5.56 Å². The SMILES string of the molecule is CCCCNC(=O)C1CCN(Cc2nc3c(cnn3-c3ccccc3)c(=O)[nH]2)CC1. The number of carbonyl (C=O) groups is 1. The number of amides is 1. The number of piperidine rings is 1. The maximum absolute atomic E-state index is 12.5. The van der Waals surface area contributed by atoms with Gasteiger partial charge in [0.15, 0.2) is 5.65 Å². The Morgan fingerprint density at radius 2 is 2.00 bits per heavy atom. The number of carbonyl (C=O) groups excluding carboxylic acids is 1. The van der Waals surface area contributed by atoms with Crippen LogP contribution in [0.3, 0.4) is 0 Å². The van der Waals surface area contributed by atoms with E-state index in [1.54, 1.807) is 10.9 Å². The molecule has 2 N–H and O–H groups in total. The van der Waals surface area contributed by atoms with Crippen molar-refractivity contribution in [3.8, 4) is 5.69 Å². The molecule has 1 saturated heterocycles. The van der Waals surface area contributed by atoms with E-state index < -0.39 is 0 Å². The number of nitrogens with zero attached hydrogens (tertiary/aromatic N) is 4. The van der Waals surface area contributed by atoms with Crippen LogP contribution in [-0.4, -0.2) is 50.2 Å². The lowest BCUT2D eigenvalue weighted by Crippen LogP contribution is -2.40. The van der Waals surface area contributed by atoms with Gasteiger partial charge < -0.3 is 10.3 Å². The molecule has 0 aliphatic carbocycles. The molecule has 8 nitrogen and oxygen atoms in total. The molecule has 0 radical (unpaired) electrons. The van der Waals surface area contributed by atoms with E-state index in [4.69, 9.17) is 4.98 Å². The first-order valence-electron chi connectivity index (χ1n) is 10.7. The van der Waals surface area contributed by atoms with Gasteiger partial charge in [0.2, 0.25) is 5.91 Å². The van der Waals surface area contributed by atoms with Gasteiger partial charge in [-0.1, -0.05) is 31.5 Å². The highest BCUT2D eigenvalue weighted by molar-refractivity contribution is 5.78. The van der Waals surface area contributed by atoms with Crippen LogP contribution in [0.1, 0.15) is 38.4 Å². The molecular weight excluding hydrogens is 380 g/mol. The van der Waals surface area contributed by atoms with Gasteiger partial charge in [-0.3, -0.25) is 14.5 Å². The molecule has 1 amide bonds. The lowest BCUT2D eigenvalue weighted by Gasteiger charge is -2.30. The Labute approximate surface area is 175 Å². The van der Waals surface area contributed by atoms with E-state index in [9.17, 15) is 9.59 Å². The zero-order valence-corrected chi connectivity index (χ0v) is 17.3. The Balaban J connectivity index is 1.44. The summed E-state index contributed by atoms with van der Waals surface area (Å²) < 4.78 is 1.70. The molecule has 3 aromatic rings. The molecule has 0 bridgehead atoms. The number of likely N-dealkylation sites (tertiary alicyclic amines) is 1. The number of benzene rings is 1. The normalized spacial score (nSPS) is 15.5. The van der Waals surface area contributed by atoms with E-state index in [-0.39, 0.29) is 17.4 Å². The fraction of sp³-hybridized carbons (Fsp3) is 0.455. The standard InChI is InChI=1S/C22H28N6O2/c1-2-3-11-23-21(29)16-9-12-27(13-10-16)15-19-25-20-18(22(30)26-19)14-24-28(20)17-7-5-4-6-8-17/h4-8,14,16H,2-3,9-13,15H2,1H3,(H,23,29)(H,25,26,30). The Kier molecular flexibility index (Phi) is 6.23. The molecule has 1 aliphatic rings. The zero-order chi connectivity index (χ0) is 20.9. The van der Waals surface area contributed by atoms with Crippen molar-refractivity contribution in [2.24, 2.45) is 5.92 Å². The van der Waals surface area contributed by atoms with Crippen molar-refractivity contribution < 1.29 is 4.79 Å². The van der Waals surface area contributed by atoms with Gasteiger partial charge in [-0.15, -0.1) is 0 Å². The van der Waals surface area contributed by atoms with Gasteiger partial charge in [-0.25, -0.2) is 9.67 Å². The van der Waals surface area contributed by atoms with Gasteiger partial charge in [-0.05, 0) is 44.5 Å². The van der Waals surface area contributed by atoms with Crippen LogP contribution in [0.2, 0.25) is 0 Å². The zero-order valence-electron chi connectivity index (χ0n) is 17.3. The Morgan fingerprint density at radius 1 is 1.23 bits per heavy atom. The molecule has 1 fully saturated rings. The first-order valence-corrected chi connectivity index (χ1v) is 10.7. The lowest BCUT2D eigenvalue weighted by atomic mass is 9.96. The van der Waals surface area contributed by atoms with Crippen molar-refractivity contribution >= 4 is 16.9 Å². The summed E-state index contributed by atoms with van der Waals surface area (Å²) in [5.41, 5.74) is 1.25. The van der Waals surface area contributed by atoms with Crippen LogP contribution in [-0.2, 0) is 11.3 Å². The predicted molar refractivity (Wildman–Crippen MR) is 115 cm³/mol. The van der Waals surface area contributed by atoms with Crippen molar-refractivity contribution in [1.82, 2.24) is 30.0 Å². The molecule has 158 valence electrons. The maximum Gasteiger partial charge on any atom is 0.262 e. The van der Waals surface area contributed by atoms with E-state index in [2.05, 4.69) is 27.2 Å². The van der Waals surface area contributed by atoms with Gasteiger partial charge in [0, 0.05) is 12.5 Å². The Bertz CT molecular complexity index is 1050. The molecule has 0 saturated carbocycles. The topological polar surface area (TPSA) is 95.9 Å². The minimum absolute atomic E-state index is 0.0760. The fourth-order valence-electron chi connectivity index (χ4n) is 3.89. The van der Waals surface area contributed by atoms with Crippen molar-refractivity contribution in [3.63, 3.8) is 0 Å². The number of rotatable bonds is 7. The molecular formula is C22H28N6O2. The first kappa shape index (κ1) is 20.3. The van der Waals surface area contributed by atoms with Gasteiger partial charge in [0.05, 0.1) is 18.4 Å². The number of hydrogen-bond donors (Lipinski definition) is 2. The van der Waals surface area contributed by atoms with Crippen LogP contribution in [0, 0.1) is 5.92 Å². The molecule has 0 atom stereocenters. The van der Waals surface area contributed by atoms with E-state index in [0.717, 1.165) is 51.0 Å². The number of para-hydroxylation sites is 1. The number of unbranched alkanes of at least 4 members (excludes halogenated alkanes) is 1. The fourth-order valence-corrected chi connectivity index (χ4v) is 3.89. The summed E-state index contributed by atoms with van der Waals surface area (Å²) >= 11 is 0. The molecule has 4 rings (SSSR count). The van der Waals surface area contributed by atoms with Gasteiger partial charge >= 0.3 is 0 Å². The number of hydrogen-bond acceptors (Lipinski definition) is 5.